The average Bonchev–Trinajstić information content (AvgIpc) is 2.68. The number of nitrogens with zero attached hydrogens (tertiary/aromatic N) is 1. The molecule has 0 saturated heterocycles. The smallest absolute Gasteiger partial charge is 0.344 e. The molecular formula is C20H19FN2O4. The van der Waals surface area contributed by atoms with Crippen LogP contribution in [0.5, 0.6) is 5.75 Å². The Bertz CT molecular complexity index is 813. The van der Waals surface area contributed by atoms with Crippen LogP contribution in [-0.4, -0.2) is 31.1 Å². The maximum atomic E-state index is 12.8. The molecule has 2 aromatic carbocycles. The summed E-state index contributed by atoms with van der Waals surface area (Å²) < 4.78 is 23.1. The normalized spacial score (nSPS) is 11.1. The van der Waals surface area contributed by atoms with Gasteiger partial charge >= 0.3 is 5.97 Å². The lowest BCUT2D eigenvalue weighted by molar-refractivity contribution is -0.156. The van der Waals surface area contributed by atoms with Gasteiger partial charge in [0, 0.05) is 6.54 Å². The van der Waals surface area contributed by atoms with Crippen LogP contribution in [0, 0.1) is 17.1 Å². The van der Waals surface area contributed by atoms with Gasteiger partial charge in [0.15, 0.2) is 12.7 Å². The summed E-state index contributed by atoms with van der Waals surface area (Å²) in [5.74, 6) is -1.00. The third-order valence-electron chi connectivity index (χ3n) is 3.64. The summed E-state index contributed by atoms with van der Waals surface area (Å²) in [5.41, 5.74) is 1.37. The van der Waals surface area contributed by atoms with E-state index in [0.717, 1.165) is 5.56 Å². The second kappa shape index (κ2) is 9.92. The number of carbonyl (C=O) groups excluding carboxylic acids is 2. The van der Waals surface area contributed by atoms with Gasteiger partial charge < -0.3 is 14.8 Å². The van der Waals surface area contributed by atoms with Gasteiger partial charge in [-0.1, -0.05) is 12.1 Å². The van der Waals surface area contributed by atoms with Crippen LogP contribution in [0.15, 0.2) is 48.5 Å². The molecule has 1 N–H and O–H groups in total. The fraction of sp³-hybridized carbons (Fsp3) is 0.250. The quantitative estimate of drug-likeness (QED) is 0.721. The molecule has 0 unspecified atom stereocenters. The Labute approximate surface area is 156 Å². The number of halogens is 1. The van der Waals surface area contributed by atoms with E-state index in [1.165, 1.54) is 19.1 Å². The van der Waals surface area contributed by atoms with Crippen LogP contribution in [0.3, 0.4) is 0 Å². The van der Waals surface area contributed by atoms with Crippen molar-refractivity contribution >= 4 is 11.9 Å². The van der Waals surface area contributed by atoms with Gasteiger partial charge in [-0.05, 0) is 55.3 Å². The Balaban J connectivity index is 1.68. The zero-order valence-electron chi connectivity index (χ0n) is 14.8. The van der Waals surface area contributed by atoms with Crippen molar-refractivity contribution in [3.8, 4) is 11.8 Å². The molecular weight excluding hydrogens is 351 g/mol. The minimum Gasteiger partial charge on any atom is -0.482 e. The van der Waals surface area contributed by atoms with Crippen LogP contribution < -0.4 is 10.1 Å². The van der Waals surface area contributed by atoms with E-state index in [2.05, 4.69) is 5.32 Å². The van der Waals surface area contributed by atoms with Gasteiger partial charge in [0.25, 0.3) is 5.91 Å². The van der Waals surface area contributed by atoms with Crippen LogP contribution in [-0.2, 0) is 20.7 Å². The summed E-state index contributed by atoms with van der Waals surface area (Å²) in [6.45, 7) is 1.46. The highest BCUT2D eigenvalue weighted by molar-refractivity contribution is 5.83. The summed E-state index contributed by atoms with van der Waals surface area (Å²) >= 11 is 0. The van der Waals surface area contributed by atoms with Gasteiger partial charge in [0.05, 0.1) is 11.6 Å². The monoisotopic (exact) mass is 370 g/mol. The molecule has 2 aromatic rings. The molecule has 1 amide bonds. The van der Waals surface area contributed by atoms with Crippen LogP contribution in [0.1, 0.15) is 18.1 Å². The molecule has 7 heteroatoms. The summed E-state index contributed by atoms with van der Waals surface area (Å²) in [4.78, 5) is 23.7. The van der Waals surface area contributed by atoms with E-state index in [4.69, 9.17) is 14.7 Å². The number of nitriles is 1. The number of esters is 1. The van der Waals surface area contributed by atoms with Crippen molar-refractivity contribution in [2.45, 2.75) is 19.4 Å². The van der Waals surface area contributed by atoms with Crippen LogP contribution >= 0.6 is 0 Å². The van der Waals surface area contributed by atoms with Gasteiger partial charge in [-0.25, -0.2) is 9.18 Å². The van der Waals surface area contributed by atoms with Crippen molar-refractivity contribution in [1.29, 1.82) is 5.26 Å². The fourth-order valence-electron chi connectivity index (χ4n) is 2.18. The number of benzene rings is 2. The third-order valence-corrected chi connectivity index (χ3v) is 3.64. The van der Waals surface area contributed by atoms with Gasteiger partial charge in [0.2, 0.25) is 0 Å². The topological polar surface area (TPSA) is 88.4 Å². The molecule has 0 aliphatic rings. The average molecular weight is 370 g/mol. The Morgan fingerprint density at radius 1 is 1.15 bits per heavy atom. The molecule has 0 radical (unpaired) electrons. The second-order valence-corrected chi connectivity index (χ2v) is 5.72. The number of rotatable bonds is 8. The van der Waals surface area contributed by atoms with E-state index >= 15 is 0 Å². The van der Waals surface area contributed by atoms with Crippen molar-refractivity contribution in [2.24, 2.45) is 0 Å². The van der Waals surface area contributed by atoms with E-state index in [1.54, 1.807) is 36.4 Å². The molecule has 1 atom stereocenters. The van der Waals surface area contributed by atoms with E-state index in [-0.39, 0.29) is 12.4 Å². The highest BCUT2D eigenvalue weighted by Crippen LogP contribution is 2.11. The maximum absolute atomic E-state index is 12.8. The highest BCUT2D eigenvalue weighted by atomic mass is 19.1. The lowest BCUT2D eigenvalue weighted by atomic mass is 10.1. The molecule has 0 aromatic heterocycles. The highest BCUT2D eigenvalue weighted by Gasteiger charge is 2.17. The predicted molar refractivity (Wildman–Crippen MR) is 95.3 cm³/mol. The Morgan fingerprint density at radius 3 is 2.44 bits per heavy atom. The number of ether oxygens (including phenoxy) is 2. The molecule has 27 heavy (non-hydrogen) atoms. The van der Waals surface area contributed by atoms with Crippen LogP contribution in [0.2, 0.25) is 0 Å². The number of nitrogens with one attached hydrogen (secondary N) is 1. The number of hydrogen-bond donors (Lipinski definition) is 1. The van der Waals surface area contributed by atoms with Crippen molar-refractivity contribution in [3.63, 3.8) is 0 Å². The fourth-order valence-corrected chi connectivity index (χ4v) is 2.18. The molecule has 0 aliphatic carbocycles. The third kappa shape index (κ3) is 6.78. The van der Waals surface area contributed by atoms with Crippen molar-refractivity contribution < 1.29 is 23.5 Å². The Morgan fingerprint density at radius 2 is 1.81 bits per heavy atom. The molecule has 2 rings (SSSR count). The molecule has 0 heterocycles. The Hall–Kier alpha value is -3.40. The van der Waals surface area contributed by atoms with Crippen molar-refractivity contribution in [2.75, 3.05) is 13.2 Å². The first-order valence-corrected chi connectivity index (χ1v) is 8.32. The van der Waals surface area contributed by atoms with Gasteiger partial charge in [0.1, 0.15) is 11.6 Å². The van der Waals surface area contributed by atoms with E-state index in [0.29, 0.717) is 24.3 Å². The van der Waals surface area contributed by atoms with Gasteiger partial charge in [-0.2, -0.15) is 5.26 Å². The predicted octanol–water partition coefficient (Wildman–Crippen LogP) is 2.37. The molecule has 0 fully saturated rings. The van der Waals surface area contributed by atoms with Crippen molar-refractivity contribution in [1.82, 2.24) is 5.32 Å². The number of amides is 1. The van der Waals surface area contributed by atoms with Crippen LogP contribution in [0.4, 0.5) is 4.39 Å². The largest absolute Gasteiger partial charge is 0.482 e. The first-order chi connectivity index (χ1) is 13.0. The number of carbonyl (C=O) groups is 2. The SMILES string of the molecule is C[C@@H](OC(=O)COc1ccc(C#N)cc1)C(=O)NCCc1ccc(F)cc1. The first-order valence-electron chi connectivity index (χ1n) is 8.32. The molecule has 0 spiro atoms. The summed E-state index contributed by atoms with van der Waals surface area (Å²) in [5, 5.41) is 11.4. The maximum Gasteiger partial charge on any atom is 0.344 e. The van der Waals surface area contributed by atoms with Crippen molar-refractivity contribution in [3.05, 3.63) is 65.5 Å². The minimum absolute atomic E-state index is 0.313. The summed E-state index contributed by atoms with van der Waals surface area (Å²) in [6, 6.07) is 14.2. The van der Waals surface area contributed by atoms with Gasteiger partial charge in [-0.3, -0.25) is 4.79 Å². The lowest BCUT2D eigenvalue weighted by Crippen LogP contribution is -2.37. The van der Waals surface area contributed by atoms with E-state index in [1.807, 2.05) is 6.07 Å². The standard InChI is InChI=1S/C20H19FN2O4/c1-14(20(25)23-11-10-15-2-6-17(21)7-3-15)27-19(24)13-26-18-8-4-16(12-22)5-9-18/h2-9,14H,10-11,13H2,1H3,(H,23,25)/t14-/m1/s1. The lowest BCUT2D eigenvalue weighted by Gasteiger charge is -2.14. The second-order valence-electron chi connectivity index (χ2n) is 5.72. The zero-order chi connectivity index (χ0) is 19.6. The van der Waals surface area contributed by atoms with Crippen LogP contribution in [0.25, 0.3) is 0 Å². The zero-order valence-corrected chi connectivity index (χ0v) is 14.8. The van der Waals surface area contributed by atoms with E-state index in [9.17, 15) is 14.0 Å². The number of hydrogen-bond acceptors (Lipinski definition) is 5. The summed E-state index contributed by atoms with van der Waals surface area (Å²) in [6.07, 6.45) is -0.427. The Kier molecular flexibility index (Phi) is 7.32. The summed E-state index contributed by atoms with van der Waals surface area (Å²) in [7, 11) is 0. The molecule has 0 saturated carbocycles. The minimum atomic E-state index is -0.963. The molecule has 0 aliphatic heterocycles. The molecule has 6 nitrogen and oxygen atoms in total. The molecule has 0 bridgehead atoms. The first kappa shape index (κ1) is 19.9. The molecule has 140 valence electrons. The van der Waals surface area contributed by atoms with Gasteiger partial charge in [-0.15, -0.1) is 0 Å². The van der Waals surface area contributed by atoms with E-state index < -0.39 is 18.0 Å².